The molecule has 0 saturated carbocycles. The summed E-state index contributed by atoms with van der Waals surface area (Å²) in [6, 6.07) is 24.8. The van der Waals surface area contributed by atoms with E-state index in [1.165, 1.54) is 12.1 Å². The number of nitro groups is 1. The SMILES string of the molecule is CC1(C)OB(c2ccc(C=C(c3ccccc3)c3ccc([N+](=O)[O-])cc3)cc2)OC1(C)C. The molecule has 1 aliphatic rings. The molecule has 0 unspecified atom stereocenters. The second kappa shape index (κ2) is 8.38. The van der Waals surface area contributed by atoms with Crippen LogP contribution in [0.15, 0.2) is 78.9 Å². The van der Waals surface area contributed by atoms with Gasteiger partial charge in [0.15, 0.2) is 0 Å². The van der Waals surface area contributed by atoms with E-state index in [9.17, 15) is 10.1 Å². The fourth-order valence-corrected chi connectivity index (χ4v) is 3.61. The maximum absolute atomic E-state index is 11.0. The molecule has 0 amide bonds. The molecule has 1 fully saturated rings. The van der Waals surface area contributed by atoms with Crippen LogP contribution in [0.5, 0.6) is 0 Å². The number of non-ortho nitro benzene ring substituents is 1. The summed E-state index contributed by atoms with van der Waals surface area (Å²) in [5, 5.41) is 11.0. The highest BCUT2D eigenvalue weighted by molar-refractivity contribution is 6.62. The summed E-state index contributed by atoms with van der Waals surface area (Å²) in [4.78, 5) is 10.7. The van der Waals surface area contributed by atoms with E-state index in [-0.39, 0.29) is 21.8 Å². The summed E-state index contributed by atoms with van der Waals surface area (Å²) >= 11 is 0. The van der Waals surface area contributed by atoms with Crippen molar-refractivity contribution in [3.05, 3.63) is 106 Å². The highest BCUT2D eigenvalue weighted by Crippen LogP contribution is 2.36. The van der Waals surface area contributed by atoms with Gasteiger partial charge in [-0.15, -0.1) is 0 Å². The van der Waals surface area contributed by atoms with Gasteiger partial charge in [0, 0.05) is 12.1 Å². The van der Waals surface area contributed by atoms with Gasteiger partial charge in [0.2, 0.25) is 0 Å². The van der Waals surface area contributed by atoms with Crippen molar-refractivity contribution >= 4 is 29.9 Å². The van der Waals surface area contributed by atoms with Crippen molar-refractivity contribution < 1.29 is 14.2 Å². The molecule has 0 N–H and O–H groups in total. The predicted octanol–water partition coefficient (Wildman–Crippen LogP) is 5.48. The molecule has 3 aromatic rings. The lowest BCUT2D eigenvalue weighted by molar-refractivity contribution is -0.384. The second-order valence-electron chi connectivity index (χ2n) is 8.98. The Balaban J connectivity index is 1.66. The standard InChI is InChI=1S/C26H26BNO4/c1-25(2)26(3,4)32-27(31-25)22-14-10-19(11-15-22)18-24(20-8-6-5-7-9-20)21-12-16-23(17-13-21)28(29)30/h5-18H,1-4H3. The molecule has 0 atom stereocenters. The molecule has 3 aromatic carbocycles. The molecule has 32 heavy (non-hydrogen) atoms. The quantitative estimate of drug-likeness (QED) is 0.234. The molecule has 5 nitrogen and oxygen atoms in total. The zero-order chi connectivity index (χ0) is 22.9. The summed E-state index contributed by atoms with van der Waals surface area (Å²) in [7, 11) is -0.402. The minimum absolute atomic E-state index is 0.0768. The Bertz CT molecular complexity index is 1120. The Morgan fingerprint density at radius 1 is 0.812 bits per heavy atom. The molecule has 0 aromatic heterocycles. The van der Waals surface area contributed by atoms with Crippen molar-refractivity contribution in [1.29, 1.82) is 0 Å². The Labute approximate surface area is 189 Å². The van der Waals surface area contributed by atoms with Gasteiger partial charge in [0.25, 0.3) is 5.69 Å². The van der Waals surface area contributed by atoms with Crippen LogP contribution in [-0.4, -0.2) is 23.2 Å². The molecule has 0 radical (unpaired) electrons. The van der Waals surface area contributed by atoms with E-state index >= 15 is 0 Å². The van der Waals surface area contributed by atoms with E-state index in [1.54, 1.807) is 12.1 Å². The van der Waals surface area contributed by atoms with Crippen LogP contribution in [0.1, 0.15) is 44.4 Å². The Morgan fingerprint density at radius 3 is 1.88 bits per heavy atom. The number of nitrogens with zero attached hydrogens (tertiary/aromatic N) is 1. The predicted molar refractivity (Wildman–Crippen MR) is 129 cm³/mol. The first kappa shape index (κ1) is 22.0. The van der Waals surface area contributed by atoms with Gasteiger partial charge in [-0.2, -0.15) is 0 Å². The molecule has 1 aliphatic heterocycles. The smallest absolute Gasteiger partial charge is 0.399 e. The van der Waals surface area contributed by atoms with E-state index in [4.69, 9.17) is 9.31 Å². The fraction of sp³-hybridized carbons (Fsp3) is 0.231. The van der Waals surface area contributed by atoms with Crippen molar-refractivity contribution in [1.82, 2.24) is 0 Å². The van der Waals surface area contributed by atoms with Gasteiger partial charge in [-0.25, -0.2) is 0 Å². The van der Waals surface area contributed by atoms with Gasteiger partial charge in [-0.3, -0.25) is 10.1 Å². The molecule has 0 aliphatic carbocycles. The van der Waals surface area contributed by atoms with Gasteiger partial charge in [0.1, 0.15) is 0 Å². The highest BCUT2D eigenvalue weighted by atomic mass is 16.7. The molecular formula is C26H26BNO4. The van der Waals surface area contributed by atoms with E-state index in [0.717, 1.165) is 27.7 Å². The Morgan fingerprint density at radius 2 is 1.34 bits per heavy atom. The third kappa shape index (κ3) is 4.38. The Kier molecular flexibility index (Phi) is 5.76. The number of rotatable bonds is 5. The molecule has 0 bridgehead atoms. The number of nitro benzene ring substituents is 1. The van der Waals surface area contributed by atoms with E-state index < -0.39 is 7.12 Å². The minimum atomic E-state index is -0.402. The van der Waals surface area contributed by atoms with Crippen molar-refractivity contribution in [2.75, 3.05) is 0 Å². The van der Waals surface area contributed by atoms with Crippen LogP contribution in [0.3, 0.4) is 0 Å². The number of hydrogen-bond acceptors (Lipinski definition) is 4. The van der Waals surface area contributed by atoms with Gasteiger partial charge in [-0.1, -0.05) is 54.6 Å². The minimum Gasteiger partial charge on any atom is -0.399 e. The van der Waals surface area contributed by atoms with Crippen molar-refractivity contribution in [2.45, 2.75) is 38.9 Å². The number of hydrogen-bond donors (Lipinski definition) is 0. The van der Waals surface area contributed by atoms with Gasteiger partial charge in [-0.05, 0) is 73.6 Å². The van der Waals surface area contributed by atoms with Crippen molar-refractivity contribution in [3.8, 4) is 0 Å². The zero-order valence-electron chi connectivity index (χ0n) is 18.7. The van der Waals surface area contributed by atoms with Crippen LogP contribution in [0.4, 0.5) is 5.69 Å². The summed E-state index contributed by atoms with van der Waals surface area (Å²) < 4.78 is 12.3. The van der Waals surface area contributed by atoms with E-state index in [0.29, 0.717) is 0 Å². The molecule has 1 heterocycles. The average Bonchev–Trinajstić information content (AvgIpc) is 3.00. The number of benzene rings is 3. The van der Waals surface area contributed by atoms with Gasteiger partial charge in [0.05, 0.1) is 16.1 Å². The van der Waals surface area contributed by atoms with Gasteiger partial charge < -0.3 is 9.31 Å². The van der Waals surface area contributed by atoms with E-state index in [1.807, 2.05) is 82.3 Å². The van der Waals surface area contributed by atoms with Crippen LogP contribution in [0.25, 0.3) is 11.6 Å². The molecule has 162 valence electrons. The third-order valence-electron chi connectivity index (χ3n) is 6.25. The monoisotopic (exact) mass is 427 g/mol. The van der Waals surface area contributed by atoms with Crippen molar-refractivity contribution in [2.24, 2.45) is 0 Å². The first-order chi connectivity index (χ1) is 15.2. The normalized spacial score (nSPS) is 17.4. The molecule has 4 rings (SSSR count). The molecule has 6 heteroatoms. The second-order valence-corrected chi connectivity index (χ2v) is 8.98. The van der Waals surface area contributed by atoms with Crippen LogP contribution < -0.4 is 5.46 Å². The van der Waals surface area contributed by atoms with Crippen LogP contribution >= 0.6 is 0 Å². The average molecular weight is 427 g/mol. The molecular weight excluding hydrogens is 401 g/mol. The summed E-state index contributed by atoms with van der Waals surface area (Å²) in [6.07, 6.45) is 2.09. The lowest BCUT2D eigenvalue weighted by Crippen LogP contribution is -2.41. The summed E-state index contributed by atoms with van der Waals surface area (Å²) in [5.41, 5.74) is 4.24. The molecule has 1 saturated heterocycles. The van der Waals surface area contributed by atoms with Gasteiger partial charge >= 0.3 is 7.12 Å². The van der Waals surface area contributed by atoms with Crippen LogP contribution in [-0.2, 0) is 9.31 Å². The lowest BCUT2D eigenvalue weighted by Gasteiger charge is -2.32. The summed E-state index contributed by atoms with van der Waals surface area (Å²) in [6.45, 7) is 8.17. The maximum Gasteiger partial charge on any atom is 0.494 e. The fourth-order valence-electron chi connectivity index (χ4n) is 3.61. The van der Waals surface area contributed by atoms with Crippen molar-refractivity contribution in [3.63, 3.8) is 0 Å². The Hall–Kier alpha value is -3.22. The first-order valence-corrected chi connectivity index (χ1v) is 10.6. The molecule has 0 spiro atoms. The topological polar surface area (TPSA) is 61.6 Å². The maximum atomic E-state index is 11.0. The summed E-state index contributed by atoms with van der Waals surface area (Å²) in [5.74, 6) is 0. The first-order valence-electron chi connectivity index (χ1n) is 10.6. The van der Waals surface area contributed by atoms with E-state index in [2.05, 4.69) is 6.08 Å². The van der Waals surface area contributed by atoms with Crippen LogP contribution in [0, 0.1) is 10.1 Å². The van der Waals surface area contributed by atoms with Crippen LogP contribution in [0.2, 0.25) is 0 Å². The largest absolute Gasteiger partial charge is 0.494 e. The highest BCUT2D eigenvalue weighted by Gasteiger charge is 2.51. The zero-order valence-corrected chi connectivity index (χ0v) is 18.7. The third-order valence-corrected chi connectivity index (χ3v) is 6.25. The lowest BCUT2D eigenvalue weighted by atomic mass is 9.79.